The van der Waals surface area contributed by atoms with Gasteiger partial charge in [-0.3, -0.25) is 4.99 Å². The van der Waals surface area contributed by atoms with Gasteiger partial charge in [-0.15, -0.1) is 24.0 Å². The Morgan fingerprint density at radius 2 is 1.95 bits per heavy atom. The fourth-order valence-corrected chi connectivity index (χ4v) is 2.44. The van der Waals surface area contributed by atoms with Gasteiger partial charge in [-0.25, -0.2) is 0 Å². The number of aliphatic imine (C=N–C) groups is 1. The molecule has 0 radical (unpaired) electrons. The lowest BCUT2D eigenvalue weighted by atomic mass is 9.94. The van der Waals surface area contributed by atoms with E-state index >= 15 is 0 Å². The summed E-state index contributed by atoms with van der Waals surface area (Å²) >= 11 is 0. The first-order valence-electron chi connectivity index (χ1n) is 8.04. The van der Waals surface area contributed by atoms with Crippen molar-refractivity contribution in [2.75, 3.05) is 53.0 Å². The maximum absolute atomic E-state index is 5.32. The van der Waals surface area contributed by atoms with E-state index in [1.54, 1.807) is 0 Å². The van der Waals surface area contributed by atoms with E-state index in [0.717, 1.165) is 44.7 Å². The smallest absolute Gasteiger partial charge is 0.191 e. The van der Waals surface area contributed by atoms with Crippen molar-refractivity contribution in [3.63, 3.8) is 0 Å². The highest BCUT2D eigenvalue weighted by Crippen LogP contribution is 2.19. The maximum atomic E-state index is 5.32. The molecule has 21 heavy (non-hydrogen) atoms. The van der Waals surface area contributed by atoms with Crippen LogP contribution in [0.5, 0.6) is 0 Å². The van der Waals surface area contributed by atoms with Crippen LogP contribution in [0.3, 0.4) is 0 Å². The molecule has 126 valence electrons. The molecule has 6 heteroatoms. The van der Waals surface area contributed by atoms with Crippen molar-refractivity contribution in [3.05, 3.63) is 0 Å². The Hall–Kier alpha value is -0.0800. The molecule has 0 spiro atoms. The summed E-state index contributed by atoms with van der Waals surface area (Å²) in [6, 6.07) is 0. The number of likely N-dealkylation sites (tertiary alicyclic amines) is 1. The van der Waals surface area contributed by atoms with Crippen LogP contribution in [-0.2, 0) is 4.74 Å². The maximum Gasteiger partial charge on any atom is 0.191 e. The Kier molecular flexibility index (Phi) is 13.5. The lowest BCUT2D eigenvalue weighted by molar-refractivity contribution is 0.152. The van der Waals surface area contributed by atoms with E-state index in [2.05, 4.69) is 34.5 Å². The number of hydrogen-bond acceptors (Lipinski definition) is 3. The number of ether oxygens (including phenoxy) is 1. The predicted molar refractivity (Wildman–Crippen MR) is 101 cm³/mol. The van der Waals surface area contributed by atoms with Crippen molar-refractivity contribution in [3.8, 4) is 0 Å². The minimum absolute atomic E-state index is 0. The van der Waals surface area contributed by atoms with Crippen LogP contribution in [0, 0.1) is 5.92 Å². The van der Waals surface area contributed by atoms with E-state index in [1.165, 1.54) is 32.4 Å². The zero-order valence-corrected chi connectivity index (χ0v) is 16.2. The average molecular weight is 412 g/mol. The van der Waals surface area contributed by atoms with Gasteiger partial charge >= 0.3 is 0 Å². The van der Waals surface area contributed by atoms with E-state index in [0.29, 0.717) is 0 Å². The Bertz CT molecular complexity index is 268. The largest absolute Gasteiger partial charge is 0.380 e. The highest BCUT2D eigenvalue weighted by Gasteiger charge is 2.15. The molecule has 0 aromatic rings. The molecule has 0 amide bonds. The lowest BCUT2D eigenvalue weighted by Crippen LogP contribution is -2.39. The van der Waals surface area contributed by atoms with Gasteiger partial charge in [0, 0.05) is 26.2 Å². The number of piperidine rings is 1. The van der Waals surface area contributed by atoms with Gasteiger partial charge in [-0.1, -0.05) is 0 Å². The highest BCUT2D eigenvalue weighted by molar-refractivity contribution is 14.0. The predicted octanol–water partition coefficient (Wildman–Crippen LogP) is 1.93. The summed E-state index contributed by atoms with van der Waals surface area (Å²) in [6.07, 6.45) is 3.84. The van der Waals surface area contributed by atoms with Crippen molar-refractivity contribution in [1.82, 2.24) is 15.5 Å². The van der Waals surface area contributed by atoms with Gasteiger partial charge in [-0.2, -0.15) is 0 Å². The second-order valence-electron chi connectivity index (χ2n) is 5.42. The topological polar surface area (TPSA) is 48.9 Å². The number of rotatable bonds is 8. The monoisotopic (exact) mass is 412 g/mol. The van der Waals surface area contributed by atoms with E-state index in [1.807, 2.05) is 6.92 Å². The fraction of sp³-hybridized carbons (Fsp3) is 0.933. The molecule has 0 atom stereocenters. The van der Waals surface area contributed by atoms with Gasteiger partial charge in [0.2, 0.25) is 0 Å². The Morgan fingerprint density at radius 1 is 1.24 bits per heavy atom. The molecule has 0 aromatic heterocycles. The standard InChI is InChI=1S/C15H32N4O.HI/c1-4-16-15(18-10-13-20-5-2)17-9-6-14-7-11-19(3)12-8-14;/h14H,4-13H2,1-3H3,(H2,16,17,18);1H. The molecule has 1 fully saturated rings. The summed E-state index contributed by atoms with van der Waals surface area (Å²) in [6.45, 7) is 10.7. The van der Waals surface area contributed by atoms with Gasteiger partial charge < -0.3 is 20.3 Å². The third-order valence-electron chi connectivity index (χ3n) is 3.73. The van der Waals surface area contributed by atoms with Gasteiger partial charge in [0.1, 0.15) is 0 Å². The molecule has 0 unspecified atom stereocenters. The molecule has 0 bridgehead atoms. The average Bonchev–Trinajstić information content (AvgIpc) is 2.45. The number of halogens is 1. The number of guanidine groups is 1. The Balaban J connectivity index is 0.00000400. The summed E-state index contributed by atoms with van der Waals surface area (Å²) in [5.74, 6) is 1.77. The summed E-state index contributed by atoms with van der Waals surface area (Å²) < 4.78 is 5.32. The molecular weight excluding hydrogens is 379 g/mol. The molecular formula is C15H33IN4O. The van der Waals surface area contributed by atoms with Crippen LogP contribution in [0.1, 0.15) is 33.1 Å². The summed E-state index contributed by atoms with van der Waals surface area (Å²) in [7, 11) is 2.21. The van der Waals surface area contributed by atoms with Crippen molar-refractivity contribution < 1.29 is 4.74 Å². The molecule has 1 rings (SSSR count). The van der Waals surface area contributed by atoms with Crippen molar-refractivity contribution in [2.45, 2.75) is 33.1 Å². The highest BCUT2D eigenvalue weighted by atomic mass is 127. The number of nitrogens with zero attached hydrogens (tertiary/aromatic N) is 2. The fourth-order valence-electron chi connectivity index (χ4n) is 2.44. The molecule has 2 N–H and O–H groups in total. The summed E-state index contributed by atoms with van der Waals surface area (Å²) in [5.41, 5.74) is 0. The van der Waals surface area contributed by atoms with Crippen molar-refractivity contribution >= 4 is 29.9 Å². The Labute approximate surface area is 147 Å². The number of nitrogens with one attached hydrogen (secondary N) is 2. The quantitative estimate of drug-likeness (QED) is 0.277. The molecule has 1 aliphatic heterocycles. The van der Waals surface area contributed by atoms with Gasteiger partial charge in [-0.05, 0) is 59.2 Å². The van der Waals surface area contributed by atoms with E-state index in [-0.39, 0.29) is 24.0 Å². The van der Waals surface area contributed by atoms with Crippen LogP contribution in [-0.4, -0.2) is 63.8 Å². The molecule has 0 aromatic carbocycles. The first kappa shape index (κ1) is 20.9. The van der Waals surface area contributed by atoms with Crippen LogP contribution in [0.15, 0.2) is 4.99 Å². The first-order valence-corrected chi connectivity index (χ1v) is 8.04. The van der Waals surface area contributed by atoms with Gasteiger partial charge in [0.15, 0.2) is 5.96 Å². The molecule has 0 aliphatic carbocycles. The van der Waals surface area contributed by atoms with Crippen molar-refractivity contribution in [2.24, 2.45) is 10.9 Å². The minimum atomic E-state index is 0. The zero-order valence-electron chi connectivity index (χ0n) is 13.9. The second kappa shape index (κ2) is 13.6. The van der Waals surface area contributed by atoms with Crippen LogP contribution in [0.4, 0.5) is 0 Å². The normalized spacial score (nSPS) is 17.4. The number of hydrogen-bond donors (Lipinski definition) is 2. The Morgan fingerprint density at radius 3 is 2.57 bits per heavy atom. The van der Waals surface area contributed by atoms with Crippen molar-refractivity contribution in [1.29, 1.82) is 0 Å². The molecule has 0 saturated carbocycles. The molecule has 1 heterocycles. The van der Waals surface area contributed by atoms with Gasteiger partial charge in [0.25, 0.3) is 0 Å². The van der Waals surface area contributed by atoms with Crippen LogP contribution in [0.25, 0.3) is 0 Å². The van der Waals surface area contributed by atoms with E-state index in [4.69, 9.17) is 4.74 Å². The minimum Gasteiger partial charge on any atom is -0.380 e. The second-order valence-corrected chi connectivity index (χ2v) is 5.42. The first-order chi connectivity index (χ1) is 9.76. The molecule has 1 saturated heterocycles. The molecule has 5 nitrogen and oxygen atoms in total. The molecule has 1 aliphatic rings. The summed E-state index contributed by atoms with van der Waals surface area (Å²) in [4.78, 5) is 7.07. The third kappa shape index (κ3) is 10.3. The SMILES string of the molecule is CCNC(=NCCC1CCN(C)CC1)NCCOCC.I. The van der Waals surface area contributed by atoms with Crippen LogP contribution in [0.2, 0.25) is 0 Å². The van der Waals surface area contributed by atoms with Crippen LogP contribution < -0.4 is 10.6 Å². The van der Waals surface area contributed by atoms with E-state index in [9.17, 15) is 0 Å². The van der Waals surface area contributed by atoms with E-state index < -0.39 is 0 Å². The van der Waals surface area contributed by atoms with Gasteiger partial charge in [0.05, 0.1) is 6.61 Å². The zero-order chi connectivity index (χ0) is 14.6. The van der Waals surface area contributed by atoms with Crippen LogP contribution >= 0.6 is 24.0 Å². The third-order valence-corrected chi connectivity index (χ3v) is 3.73. The lowest BCUT2D eigenvalue weighted by Gasteiger charge is -2.28. The summed E-state index contributed by atoms with van der Waals surface area (Å²) in [5, 5.41) is 6.59.